The van der Waals surface area contributed by atoms with Crippen molar-refractivity contribution in [2.45, 2.75) is 0 Å². The third-order valence-electron chi connectivity index (χ3n) is 17.2. The Morgan fingerprint density at radius 2 is 0.424 bits per heavy atom. The van der Waals surface area contributed by atoms with Crippen molar-refractivity contribution in [1.29, 1.82) is 0 Å². The summed E-state index contributed by atoms with van der Waals surface area (Å²) < 4.78 is 5.05. The predicted octanol–water partition coefficient (Wildman–Crippen LogP) is 22.8. The molecule has 0 saturated carbocycles. The zero-order valence-corrected chi connectivity index (χ0v) is 51.2. The summed E-state index contributed by atoms with van der Waals surface area (Å²) in [7, 11) is 0. The highest BCUT2D eigenvalue weighted by atomic mass is 32.1. The summed E-state index contributed by atoms with van der Waals surface area (Å²) in [6, 6.07) is 112. The van der Waals surface area contributed by atoms with Crippen molar-refractivity contribution >= 4 is 63.0 Å². The maximum Gasteiger partial charge on any atom is 0.164 e. The number of fused-ring (bicyclic) bond motifs is 6. The van der Waals surface area contributed by atoms with Gasteiger partial charge in [0.1, 0.15) is 0 Å². The molecule has 8 heteroatoms. The molecule has 0 unspecified atom stereocenters. The summed E-state index contributed by atoms with van der Waals surface area (Å²) >= 11 is 3.73. The Kier molecular flexibility index (Phi) is 13.8. The minimum Gasteiger partial charge on any atom is -0.208 e. The fraction of sp³-hybridized carbons (Fsp3) is 0. The van der Waals surface area contributed by atoms with Gasteiger partial charge in [-0.2, -0.15) is 0 Å². The van der Waals surface area contributed by atoms with Gasteiger partial charge in [0.05, 0.1) is 0 Å². The van der Waals surface area contributed by atoms with E-state index in [1.807, 2.05) is 102 Å². The lowest BCUT2D eigenvalue weighted by atomic mass is 9.93. The monoisotopic (exact) mass is 1210 g/mol. The van der Waals surface area contributed by atoms with E-state index >= 15 is 0 Å². The van der Waals surface area contributed by atoms with Crippen molar-refractivity contribution in [3.05, 3.63) is 315 Å². The van der Waals surface area contributed by atoms with Crippen LogP contribution in [0.3, 0.4) is 0 Å². The molecule has 0 aliphatic heterocycles. The molecule has 0 spiro atoms. The third kappa shape index (κ3) is 10.2. The Hall–Kier alpha value is -11.7. The SMILES string of the molecule is c1ccc(-c2nc(-c3ccccc3)nc(-c3ccc(-c4cccc(-c5cc(-c6cccc(-c7nc(-c8ccccc8)nc(-c8ccc(-c9cccc%10c9sc9c(-c%11ccccc%11)cccc9%10)cc8)n7)c6)cc6c5sc5c(-c7ccccc7)cccc56)c4)cc3)n2)cc1. The van der Waals surface area contributed by atoms with Crippen molar-refractivity contribution in [3.63, 3.8) is 0 Å². The standard InChI is InChI=1S/C84H52N6S2/c1-6-21-54(22-7-1)67-35-18-38-70-71-39-19-37-69(76(71)91-75(67)70)56-43-47-61(48-44-56)83-88-81(59-29-14-5-15-30-59)89-84(90-83)65-34-17-32-63(50-65)66-51-73(78-74(52-66)72-40-20-36-68(77(72)92-78)55-23-8-2-9-24-55)64-33-16-31-62(49-64)53-41-45-60(46-42-53)82-86-79(57-25-10-3-11-26-57)85-80(87-82)58-27-12-4-13-28-58/h1-52H. The molecule has 0 amide bonds. The molecule has 17 aromatic rings. The number of aromatic nitrogens is 6. The van der Waals surface area contributed by atoms with E-state index in [0.717, 1.165) is 72.3 Å². The van der Waals surface area contributed by atoms with Crippen LogP contribution in [0.2, 0.25) is 0 Å². The van der Waals surface area contributed by atoms with Gasteiger partial charge < -0.3 is 0 Å². The molecule has 0 fully saturated rings. The van der Waals surface area contributed by atoms with Gasteiger partial charge in [0.25, 0.3) is 0 Å². The van der Waals surface area contributed by atoms with E-state index in [1.54, 1.807) is 0 Å². The molecule has 0 N–H and O–H groups in total. The Bertz CT molecular complexity index is 5540. The molecule has 17 rings (SSSR count). The van der Waals surface area contributed by atoms with Gasteiger partial charge in [-0.3, -0.25) is 0 Å². The maximum atomic E-state index is 5.31. The summed E-state index contributed by atoms with van der Waals surface area (Å²) in [6.07, 6.45) is 0. The van der Waals surface area contributed by atoms with Crippen LogP contribution in [0, 0.1) is 0 Å². The molecule has 4 aromatic heterocycles. The van der Waals surface area contributed by atoms with Crippen LogP contribution >= 0.6 is 22.7 Å². The molecule has 4 heterocycles. The number of hydrogen-bond donors (Lipinski definition) is 0. The molecule has 0 radical (unpaired) electrons. The lowest BCUT2D eigenvalue weighted by Crippen LogP contribution is -2.00. The number of benzene rings is 13. The molecule has 92 heavy (non-hydrogen) atoms. The number of rotatable bonds is 12. The van der Waals surface area contributed by atoms with E-state index in [2.05, 4.69) is 237 Å². The average molecular weight is 1210 g/mol. The van der Waals surface area contributed by atoms with E-state index in [1.165, 1.54) is 68.2 Å². The Labute approximate surface area is 539 Å². The average Bonchev–Trinajstić information content (AvgIpc) is 1.65. The largest absolute Gasteiger partial charge is 0.208 e. The molecule has 0 bridgehead atoms. The zero-order valence-electron chi connectivity index (χ0n) is 49.5. The molecular formula is C84H52N6S2. The highest BCUT2D eigenvalue weighted by molar-refractivity contribution is 7.27. The van der Waals surface area contributed by atoms with Gasteiger partial charge in [0.15, 0.2) is 34.9 Å². The van der Waals surface area contributed by atoms with E-state index in [4.69, 9.17) is 29.9 Å². The van der Waals surface area contributed by atoms with Crippen LogP contribution in [-0.2, 0) is 0 Å². The first kappa shape index (κ1) is 54.5. The van der Waals surface area contributed by atoms with Crippen molar-refractivity contribution < 1.29 is 0 Å². The van der Waals surface area contributed by atoms with Gasteiger partial charge in [0.2, 0.25) is 0 Å². The topological polar surface area (TPSA) is 77.3 Å². The first-order valence-electron chi connectivity index (χ1n) is 30.7. The Morgan fingerprint density at radius 1 is 0.152 bits per heavy atom. The summed E-state index contributed by atoms with van der Waals surface area (Å²) in [5, 5.41) is 4.97. The molecular weight excluding hydrogens is 1160 g/mol. The molecule has 0 aliphatic rings. The van der Waals surface area contributed by atoms with E-state index < -0.39 is 0 Å². The molecule has 0 atom stereocenters. The van der Waals surface area contributed by atoms with Gasteiger partial charge in [-0.05, 0) is 85.5 Å². The van der Waals surface area contributed by atoms with Crippen LogP contribution in [-0.4, -0.2) is 29.9 Å². The van der Waals surface area contributed by atoms with Crippen molar-refractivity contribution in [3.8, 4) is 135 Å². The molecule has 13 aromatic carbocycles. The summed E-state index contributed by atoms with van der Waals surface area (Å²) in [6.45, 7) is 0. The molecule has 0 aliphatic carbocycles. The highest BCUT2D eigenvalue weighted by Gasteiger charge is 2.21. The molecule has 430 valence electrons. The van der Waals surface area contributed by atoms with Crippen LogP contribution < -0.4 is 0 Å². The summed E-state index contributed by atoms with van der Waals surface area (Å²) in [4.78, 5) is 30.7. The molecule has 0 saturated heterocycles. The highest BCUT2D eigenvalue weighted by Crippen LogP contribution is 2.48. The van der Waals surface area contributed by atoms with Crippen LogP contribution in [0.5, 0.6) is 0 Å². The zero-order chi connectivity index (χ0) is 60.9. The second-order valence-electron chi connectivity index (χ2n) is 22.9. The van der Waals surface area contributed by atoms with Crippen molar-refractivity contribution in [2.75, 3.05) is 0 Å². The predicted molar refractivity (Wildman–Crippen MR) is 384 cm³/mol. The minimum atomic E-state index is 0.598. The number of thiophene rings is 2. The van der Waals surface area contributed by atoms with Crippen LogP contribution in [0.4, 0.5) is 0 Å². The van der Waals surface area contributed by atoms with Crippen LogP contribution in [0.15, 0.2) is 315 Å². The van der Waals surface area contributed by atoms with Gasteiger partial charge in [-0.1, -0.05) is 291 Å². The van der Waals surface area contributed by atoms with Gasteiger partial charge >= 0.3 is 0 Å². The van der Waals surface area contributed by atoms with Gasteiger partial charge in [0, 0.05) is 79.3 Å². The minimum absolute atomic E-state index is 0.598. The summed E-state index contributed by atoms with van der Waals surface area (Å²) in [5.41, 5.74) is 19.4. The van der Waals surface area contributed by atoms with Crippen LogP contribution in [0.25, 0.3) is 175 Å². The van der Waals surface area contributed by atoms with Crippen molar-refractivity contribution in [1.82, 2.24) is 29.9 Å². The second kappa shape index (κ2) is 23.4. The fourth-order valence-electron chi connectivity index (χ4n) is 12.6. The summed E-state index contributed by atoms with van der Waals surface area (Å²) in [5.74, 6) is 3.71. The first-order valence-corrected chi connectivity index (χ1v) is 32.4. The van der Waals surface area contributed by atoms with Gasteiger partial charge in [-0.25, -0.2) is 29.9 Å². The number of hydrogen-bond acceptors (Lipinski definition) is 8. The maximum absolute atomic E-state index is 5.31. The lowest BCUT2D eigenvalue weighted by Gasteiger charge is -2.13. The fourth-order valence-corrected chi connectivity index (χ4v) is 15.3. The van der Waals surface area contributed by atoms with E-state index in [-0.39, 0.29) is 0 Å². The van der Waals surface area contributed by atoms with Gasteiger partial charge in [-0.15, -0.1) is 22.7 Å². The van der Waals surface area contributed by atoms with E-state index in [9.17, 15) is 0 Å². The van der Waals surface area contributed by atoms with Crippen molar-refractivity contribution in [2.24, 2.45) is 0 Å². The molecule has 6 nitrogen and oxygen atoms in total. The Morgan fingerprint density at radius 3 is 0.848 bits per heavy atom. The Balaban J connectivity index is 0.751. The first-order chi connectivity index (χ1) is 45.6. The smallest absolute Gasteiger partial charge is 0.164 e. The normalized spacial score (nSPS) is 11.5. The van der Waals surface area contributed by atoms with Crippen LogP contribution in [0.1, 0.15) is 0 Å². The quantitative estimate of drug-likeness (QED) is 0.121. The third-order valence-corrected chi connectivity index (χ3v) is 19.8. The second-order valence-corrected chi connectivity index (χ2v) is 25.0. The van der Waals surface area contributed by atoms with E-state index in [0.29, 0.717) is 34.9 Å². The lowest BCUT2D eigenvalue weighted by molar-refractivity contribution is 1.07. The number of nitrogens with zero attached hydrogens (tertiary/aromatic N) is 6.